The minimum absolute atomic E-state index is 0.510. The molecular weight excluding hydrogens is 138 g/mol. The van der Waals surface area contributed by atoms with Crippen LogP contribution in [0.1, 0.15) is 5.69 Å². The predicted octanol–water partition coefficient (Wildman–Crippen LogP) is 0.636. The van der Waals surface area contributed by atoms with Gasteiger partial charge in [-0.3, -0.25) is 4.98 Å². The lowest BCUT2D eigenvalue weighted by atomic mass is 10.3. The van der Waals surface area contributed by atoms with Crippen molar-refractivity contribution in [3.63, 3.8) is 0 Å². The SMILES string of the molecule is NCC=Cc1ncccc1N. The van der Waals surface area contributed by atoms with Gasteiger partial charge >= 0.3 is 0 Å². The molecule has 0 bridgehead atoms. The van der Waals surface area contributed by atoms with Crippen molar-refractivity contribution in [2.45, 2.75) is 0 Å². The van der Waals surface area contributed by atoms with Gasteiger partial charge in [0.2, 0.25) is 0 Å². The average Bonchev–Trinajstić information content (AvgIpc) is 2.03. The number of rotatable bonds is 2. The molecule has 0 unspecified atom stereocenters. The van der Waals surface area contributed by atoms with Crippen molar-refractivity contribution < 1.29 is 0 Å². The number of hydrogen-bond acceptors (Lipinski definition) is 3. The highest BCUT2D eigenvalue weighted by molar-refractivity contribution is 5.60. The molecule has 0 aliphatic carbocycles. The van der Waals surface area contributed by atoms with Crippen LogP contribution in [-0.4, -0.2) is 11.5 Å². The maximum Gasteiger partial charge on any atom is 0.0856 e. The molecule has 0 aliphatic heterocycles. The molecule has 0 fully saturated rings. The number of nitrogens with zero attached hydrogens (tertiary/aromatic N) is 1. The molecule has 0 amide bonds. The van der Waals surface area contributed by atoms with Gasteiger partial charge in [-0.05, 0) is 18.2 Å². The summed E-state index contributed by atoms with van der Waals surface area (Å²) in [5.74, 6) is 0. The summed E-state index contributed by atoms with van der Waals surface area (Å²) >= 11 is 0. The zero-order valence-electron chi connectivity index (χ0n) is 6.20. The predicted molar refractivity (Wildman–Crippen MR) is 46.7 cm³/mol. The monoisotopic (exact) mass is 149 g/mol. The minimum atomic E-state index is 0.510. The topological polar surface area (TPSA) is 64.9 Å². The van der Waals surface area contributed by atoms with E-state index in [1.165, 1.54) is 0 Å². The first-order valence-corrected chi connectivity index (χ1v) is 3.41. The summed E-state index contributed by atoms with van der Waals surface area (Å²) in [5, 5.41) is 0. The van der Waals surface area contributed by atoms with E-state index in [4.69, 9.17) is 11.5 Å². The second kappa shape index (κ2) is 3.73. The van der Waals surface area contributed by atoms with Crippen LogP contribution in [-0.2, 0) is 0 Å². The summed E-state index contributed by atoms with van der Waals surface area (Å²) in [5.41, 5.74) is 12.3. The van der Waals surface area contributed by atoms with Crippen LogP contribution in [0, 0.1) is 0 Å². The average molecular weight is 149 g/mol. The van der Waals surface area contributed by atoms with Gasteiger partial charge in [-0.2, -0.15) is 0 Å². The Bertz CT molecular complexity index is 255. The summed E-state index contributed by atoms with van der Waals surface area (Å²) < 4.78 is 0. The van der Waals surface area contributed by atoms with E-state index in [0.717, 1.165) is 5.69 Å². The van der Waals surface area contributed by atoms with Crippen molar-refractivity contribution in [3.05, 3.63) is 30.1 Å². The molecule has 58 valence electrons. The first kappa shape index (κ1) is 7.75. The quantitative estimate of drug-likeness (QED) is 0.648. The lowest BCUT2D eigenvalue weighted by molar-refractivity contribution is 1.25. The fourth-order valence-corrected chi connectivity index (χ4v) is 0.749. The molecule has 1 aromatic heterocycles. The number of hydrogen-bond donors (Lipinski definition) is 2. The Labute approximate surface area is 65.7 Å². The van der Waals surface area contributed by atoms with E-state index in [-0.39, 0.29) is 0 Å². The van der Waals surface area contributed by atoms with Gasteiger partial charge in [0.15, 0.2) is 0 Å². The van der Waals surface area contributed by atoms with Crippen LogP contribution in [0.15, 0.2) is 24.4 Å². The molecule has 0 atom stereocenters. The second-order valence-corrected chi connectivity index (χ2v) is 2.12. The molecule has 1 heterocycles. The Morgan fingerprint density at radius 1 is 1.55 bits per heavy atom. The van der Waals surface area contributed by atoms with Crippen LogP contribution < -0.4 is 11.5 Å². The molecule has 0 saturated heterocycles. The van der Waals surface area contributed by atoms with Crippen LogP contribution in [0.3, 0.4) is 0 Å². The van der Waals surface area contributed by atoms with Gasteiger partial charge in [0.25, 0.3) is 0 Å². The maximum absolute atomic E-state index is 5.61. The molecule has 3 heteroatoms. The Morgan fingerprint density at radius 3 is 3.00 bits per heavy atom. The van der Waals surface area contributed by atoms with E-state index in [1.807, 2.05) is 18.2 Å². The number of nitrogen functional groups attached to an aromatic ring is 1. The van der Waals surface area contributed by atoms with Crippen molar-refractivity contribution in [1.82, 2.24) is 4.98 Å². The van der Waals surface area contributed by atoms with E-state index in [0.29, 0.717) is 12.2 Å². The van der Waals surface area contributed by atoms with Crippen molar-refractivity contribution in [3.8, 4) is 0 Å². The lowest BCUT2D eigenvalue weighted by Crippen LogP contribution is -1.94. The largest absolute Gasteiger partial charge is 0.397 e. The Hall–Kier alpha value is -1.35. The highest BCUT2D eigenvalue weighted by Crippen LogP contribution is 2.07. The van der Waals surface area contributed by atoms with E-state index in [1.54, 1.807) is 12.3 Å². The molecule has 0 spiro atoms. The number of nitrogens with two attached hydrogens (primary N) is 2. The summed E-state index contributed by atoms with van der Waals surface area (Å²) in [6, 6.07) is 3.61. The third-order valence-electron chi connectivity index (χ3n) is 1.28. The highest BCUT2D eigenvalue weighted by Gasteiger charge is 1.91. The van der Waals surface area contributed by atoms with E-state index in [2.05, 4.69) is 4.98 Å². The number of aromatic nitrogens is 1. The molecule has 4 N–H and O–H groups in total. The molecule has 0 saturated carbocycles. The third-order valence-corrected chi connectivity index (χ3v) is 1.28. The Balaban J connectivity index is 2.86. The lowest BCUT2D eigenvalue weighted by Gasteiger charge is -1.95. The minimum Gasteiger partial charge on any atom is -0.397 e. The summed E-state index contributed by atoms with van der Waals surface area (Å²) in [6.45, 7) is 0.510. The molecular formula is C8H11N3. The van der Waals surface area contributed by atoms with Gasteiger partial charge in [-0.25, -0.2) is 0 Å². The molecule has 1 rings (SSSR count). The highest BCUT2D eigenvalue weighted by atomic mass is 14.7. The van der Waals surface area contributed by atoms with Crippen molar-refractivity contribution >= 4 is 11.8 Å². The summed E-state index contributed by atoms with van der Waals surface area (Å²) in [4.78, 5) is 4.05. The molecule has 3 nitrogen and oxygen atoms in total. The second-order valence-electron chi connectivity index (χ2n) is 2.12. The normalized spacial score (nSPS) is 10.6. The molecule has 0 aromatic carbocycles. The smallest absolute Gasteiger partial charge is 0.0856 e. The first-order chi connectivity index (χ1) is 5.34. The maximum atomic E-state index is 5.61. The zero-order chi connectivity index (χ0) is 8.10. The van der Waals surface area contributed by atoms with Gasteiger partial charge in [-0.15, -0.1) is 0 Å². The van der Waals surface area contributed by atoms with E-state index < -0.39 is 0 Å². The van der Waals surface area contributed by atoms with Gasteiger partial charge in [0.05, 0.1) is 11.4 Å². The Morgan fingerprint density at radius 2 is 2.36 bits per heavy atom. The zero-order valence-corrected chi connectivity index (χ0v) is 6.20. The first-order valence-electron chi connectivity index (χ1n) is 3.41. The van der Waals surface area contributed by atoms with E-state index >= 15 is 0 Å². The summed E-state index contributed by atoms with van der Waals surface area (Å²) in [7, 11) is 0. The molecule has 0 radical (unpaired) electrons. The third kappa shape index (κ3) is 2.05. The van der Waals surface area contributed by atoms with Crippen LogP contribution in [0.25, 0.3) is 6.08 Å². The fraction of sp³-hybridized carbons (Fsp3) is 0.125. The van der Waals surface area contributed by atoms with Crippen LogP contribution >= 0.6 is 0 Å². The molecule has 1 aromatic rings. The molecule has 11 heavy (non-hydrogen) atoms. The van der Waals surface area contributed by atoms with Crippen LogP contribution in [0.4, 0.5) is 5.69 Å². The van der Waals surface area contributed by atoms with Gasteiger partial charge in [-0.1, -0.05) is 6.08 Å². The fourth-order valence-electron chi connectivity index (χ4n) is 0.749. The van der Waals surface area contributed by atoms with Crippen molar-refractivity contribution in [1.29, 1.82) is 0 Å². The summed E-state index contributed by atoms with van der Waals surface area (Å²) in [6.07, 6.45) is 5.33. The molecule has 0 aliphatic rings. The van der Waals surface area contributed by atoms with Gasteiger partial charge < -0.3 is 11.5 Å². The van der Waals surface area contributed by atoms with Crippen LogP contribution in [0.2, 0.25) is 0 Å². The van der Waals surface area contributed by atoms with Gasteiger partial charge in [0.1, 0.15) is 0 Å². The Kier molecular flexibility index (Phi) is 2.63. The number of anilines is 1. The van der Waals surface area contributed by atoms with Crippen LogP contribution in [0.5, 0.6) is 0 Å². The van der Waals surface area contributed by atoms with E-state index in [9.17, 15) is 0 Å². The van der Waals surface area contributed by atoms with Crippen molar-refractivity contribution in [2.24, 2.45) is 5.73 Å². The van der Waals surface area contributed by atoms with Crippen molar-refractivity contribution in [2.75, 3.05) is 12.3 Å². The standard InChI is InChI=1S/C8H11N3/c9-5-1-4-8-7(10)3-2-6-11-8/h1-4,6H,5,9-10H2. The van der Waals surface area contributed by atoms with Gasteiger partial charge in [0, 0.05) is 12.7 Å². The number of pyridine rings is 1.